The number of likely N-dealkylation sites (tertiary alicyclic amines) is 1. The Labute approximate surface area is 114 Å². The van der Waals surface area contributed by atoms with Crippen LogP contribution in [0.15, 0.2) is 0 Å². The van der Waals surface area contributed by atoms with Crippen molar-refractivity contribution in [2.45, 2.75) is 52.4 Å². The van der Waals surface area contributed by atoms with Crippen LogP contribution in [-0.4, -0.2) is 37.6 Å². The van der Waals surface area contributed by atoms with Gasteiger partial charge < -0.3 is 10.2 Å². The van der Waals surface area contributed by atoms with Gasteiger partial charge in [0.2, 0.25) is 0 Å². The number of nitrogens with one attached hydrogen (secondary N) is 1. The Morgan fingerprint density at radius 3 is 2.33 bits per heavy atom. The van der Waals surface area contributed by atoms with Crippen molar-refractivity contribution >= 4 is 0 Å². The van der Waals surface area contributed by atoms with E-state index in [4.69, 9.17) is 0 Å². The summed E-state index contributed by atoms with van der Waals surface area (Å²) >= 11 is 0. The second kappa shape index (κ2) is 7.49. The number of rotatable bonds is 5. The molecule has 0 amide bonds. The van der Waals surface area contributed by atoms with Gasteiger partial charge in [0.05, 0.1) is 0 Å². The molecule has 2 aliphatic rings. The molecule has 106 valence electrons. The molecule has 2 rings (SSSR count). The zero-order valence-electron chi connectivity index (χ0n) is 12.5. The summed E-state index contributed by atoms with van der Waals surface area (Å²) in [7, 11) is 0. The molecule has 2 fully saturated rings. The number of hydrogen-bond acceptors (Lipinski definition) is 2. The lowest BCUT2D eigenvalue weighted by Gasteiger charge is -2.36. The first kappa shape index (κ1) is 14.3. The van der Waals surface area contributed by atoms with E-state index >= 15 is 0 Å². The molecular weight excluding hydrogens is 220 g/mol. The Morgan fingerprint density at radius 1 is 1.06 bits per heavy atom. The zero-order valence-corrected chi connectivity index (χ0v) is 12.5. The summed E-state index contributed by atoms with van der Waals surface area (Å²) in [5.74, 6) is 2.92. The van der Waals surface area contributed by atoms with Gasteiger partial charge in [0.15, 0.2) is 0 Å². The minimum Gasteiger partial charge on any atom is -0.317 e. The van der Waals surface area contributed by atoms with Crippen LogP contribution < -0.4 is 5.32 Å². The summed E-state index contributed by atoms with van der Waals surface area (Å²) in [6, 6.07) is 0. The first-order valence-corrected chi connectivity index (χ1v) is 8.21. The van der Waals surface area contributed by atoms with Gasteiger partial charge >= 0.3 is 0 Å². The van der Waals surface area contributed by atoms with Crippen LogP contribution in [0.1, 0.15) is 52.4 Å². The predicted molar refractivity (Wildman–Crippen MR) is 78.8 cm³/mol. The Bertz CT molecular complexity index is 215. The van der Waals surface area contributed by atoms with E-state index in [9.17, 15) is 0 Å². The molecule has 0 spiro atoms. The van der Waals surface area contributed by atoms with E-state index in [1.54, 1.807) is 0 Å². The first-order valence-electron chi connectivity index (χ1n) is 8.21. The Kier molecular flexibility index (Phi) is 5.97. The molecule has 2 heteroatoms. The number of nitrogens with zero attached hydrogens (tertiary/aromatic N) is 1. The molecular formula is C16H32N2. The molecule has 2 aliphatic heterocycles. The molecule has 2 saturated heterocycles. The number of piperidine rings is 2. The molecule has 1 unspecified atom stereocenters. The highest BCUT2D eigenvalue weighted by atomic mass is 15.1. The molecule has 0 bridgehead atoms. The highest BCUT2D eigenvalue weighted by Gasteiger charge is 2.23. The molecule has 0 aromatic carbocycles. The fourth-order valence-corrected chi connectivity index (χ4v) is 3.57. The van der Waals surface area contributed by atoms with Crippen LogP contribution in [0.3, 0.4) is 0 Å². The second-order valence-corrected chi connectivity index (χ2v) is 6.69. The smallest absolute Gasteiger partial charge is 0.00106 e. The summed E-state index contributed by atoms with van der Waals surface area (Å²) in [6.45, 7) is 11.3. The largest absolute Gasteiger partial charge is 0.317 e. The van der Waals surface area contributed by atoms with Crippen LogP contribution in [0.2, 0.25) is 0 Å². The van der Waals surface area contributed by atoms with Gasteiger partial charge in [0.25, 0.3) is 0 Å². The quantitative estimate of drug-likeness (QED) is 0.808. The normalized spacial score (nSPS) is 26.3. The molecule has 1 N–H and O–H groups in total. The van der Waals surface area contributed by atoms with Gasteiger partial charge in [-0.15, -0.1) is 0 Å². The van der Waals surface area contributed by atoms with E-state index in [0.29, 0.717) is 0 Å². The van der Waals surface area contributed by atoms with Crippen molar-refractivity contribution in [1.29, 1.82) is 0 Å². The molecule has 0 saturated carbocycles. The lowest BCUT2D eigenvalue weighted by atomic mass is 9.86. The van der Waals surface area contributed by atoms with Gasteiger partial charge in [-0.05, 0) is 76.0 Å². The monoisotopic (exact) mass is 252 g/mol. The first-order chi connectivity index (χ1) is 8.78. The van der Waals surface area contributed by atoms with Crippen molar-refractivity contribution < 1.29 is 0 Å². The average molecular weight is 252 g/mol. The highest BCUT2D eigenvalue weighted by Crippen LogP contribution is 2.26. The lowest BCUT2D eigenvalue weighted by Crippen LogP contribution is -2.40. The van der Waals surface area contributed by atoms with Gasteiger partial charge in [-0.1, -0.05) is 20.3 Å². The molecule has 1 atom stereocenters. The van der Waals surface area contributed by atoms with Gasteiger partial charge in [0, 0.05) is 6.54 Å². The molecule has 0 aromatic heterocycles. The van der Waals surface area contributed by atoms with Crippen molar-refractivity contribution in [1.82, 2.24) is 10.2 Å². The van der Waals surface area contributed by atoms with Crippen LogP contribution in [-0.2, 0) is 0 Å². The minimum absolute atomic E-state index is 0.936. The van der Waals surface area contributed by atoms with Gasteiger partial charge in [-0.25, -0.2) is 0 Å². The topological polar surface area (TPSA) is 15.3 Å². The van der Waals surface area contributed by atoms with Crippen molar-refractivity contribution in [3.63, 3.8) is 0 Å². The summed E-state index contributed by atoms with van der Waals surface area (Å²) in [4.78, 5) is 2.74. The van der Waals surface area contributed by atoms with Crippen molar-refractivity contribution in [2.75, 3.05) is 32.7 Å². The summed E-state index contributed by atoms with van der Waals surface area (Å²) in [6.07, 6.45) is 8.52. The third-order valence-electron chi connectivity index (χ3n) is 5.11. The number of hydrogen-bond donors (Lipinski definition) is 1. The summed E-state index contributed by atoms with van der Waals surface area (Å²) < 4.78 is 0. The van der Waals surface area contributed by atoms with E-state index in [0.717, 1.165) is 17.8 Å². The predicted octanol–water partition coefficient (Wildman–Crippen LogP) is 3.13. The van der Waals surface area contributed by atoms with Gasteiger partial charge in [-0.3, -0.25) is 0 Å². The SMILES string of the molecule is CCC(C)CC1CCN(CC2CCNCC2)CC1. The van der Waals surface area contributed by atoms with Crippen molar-refractivity contribution in [3.8, 4) is 0 Å². The van der Waals surface area contributed by atoms with Crippen LogP contribution in [0.25, 0.3) is 0 Å². The maximum Gasteiger partial charge on any atom is 0.00106 e. The fraction of sp³-hybridized carbons (Fsp3) is 1.00. The van der Waals surface area contributed by atoms with Crippen LogP contribution in [0.5, 0.6) is 0 Å². The van der Waals surface area contributed by atoms with Crippen LogP contribution >= 0.6 is 0 Å². The molecule has 18 heavy (non-hydrogen) atoms. The Morgan fingerprint density at radius 2 is 1.72 bits per heavy atom. The standard InChI is InChI=1S/C16H32N2/c1-3-14(2)12-15-6-10-18(11-7-15)13-16-4-8-17-9-5-16/h14-17H,3-13H2,1-2H3. The van der Waals surface area contributed by atoms with E-state index < -0.39 is 0 Å². The molecule has 2 nitrogen and oxygen atoms in total. The third-order valence-corrected chi connectivity index (χ3v) is 5.11. The van der Waals surface area contributed by atoms with E-state index in [2.05, 4.69) is 24.1 Å². The van der Waals surface area contributed by atoms with Crippen molar-refractivity contribution in [3.05, 3.63) is 0 Å². The van der Waals surface area contributed by atoms with E-state index in [1.165, 1.54) is 71.2 Å². The zero-order chi connectivity index (χ0) is 12.8. The van der Waals surface area contributed by atoms with Crippen LogP contribution in [0.4, 0.5) is 0 Å². The van der Waals surface area contributed by atoms with Crippen LogP contribution in [0, 0.1) is 17.8 Å². The summed E-state index contributed by atoms with van der Waals surface area (Å²) in [5.41, 5.74) is 0. The fourth-order valence-electron chi connectivity index (χ4n) is 3.57. The average Bonchev–Trinajstić information content (AvgIpc) is 2.42. The highest BCUT2D eigenvalue weighted by molar-refractivity contribution is 4.77. The third kappa shape index (κ3) is 4.55. The van der Waals surface area contributed by atoms with E-state index in [1.807, 2.05) is 0 Å². The Balaban J connectivity index is 1.63. The maximum absolute atomic E-state index is 3.47. The minimum atomic E-state index is 0.936. The van der Waals surface area contributed by atoms with Gasteiger partial charge in [-0.2, -0.15) is 0 Å². The molecule has 2 heterocycles. The molecule has 0 aliphatic carbocycles. The van der Waals surface area contributed by atoms with E-state index in [-0.39, 0.29) is 0 Å². The van der Waals surface area contributed by atoms with Crippen molar-refractivity contribution in [2.24, 2.45) is 17.8 Å². The second-order valence-electron chi connectivity index (χ2n) is 6.69. The molecule has 0 radical (unpaired) electrons. The molecule has 0 aromatic rings. The summed E-state index contributed by atoms with van der Waals surface area (Å²) in [5, 5.41) is 3.47. The van der Waals surface area contributed by atoms with Gasteiger partial charge in [0.1, 0.15) is 0 Å². The lowest BCUT2D eigenvalue weighted by molar-refractivity contribution is 0.138. The Hall–Kier alpha value is -0.0800. The maximum atomic E-state index is 3.47.